The van der Waals surface area contributed by atoms with Crippen molar-refractivity contribution in [1.29, 1.82) is 0 Å². The monoisotopic (exact) mass is 349 g/mol. The molecule has 0 radical (unpaired) electrons. The number of nitrogens with zero attached hydrogens (tertiary/aromatic N) is 2. The third kappa shape index (κ3) is 3.33. The third-order valence-corrected chi connectivity index (χ3v) is 3.52. The molecule has 0 aliphatic carbocycles. The second-order valence-electron chi connectivity index (χ2n) is 4.36. The maximum Gasteiger partial charge on any atom is 0.261 e. The second-order valence-corrected chi connectivity index (χ2v) is 5.28. The Morgan fingerprint density at radius 2 is 2.00 bits per heavy atom. The molecule has 5 nitrogen and oxygen atoms in total. The predicted molar refractivity (Wildman–Crippen MR) is 87.2 cm³/mol. The molecule has 1 N–H and O–H groups in total. The number of carbonyl (C=O) groups is 1. The Hall–Kier alpha value is -2.08. The molecular weight excluding hydrogens is 334 g/mol. The average molecular weight is 350 g/mol. The molecule has 0 aliphatic rings. The fraction of sp³-hybridized carbons (Fsp3) is 0.200. The Bertz CT molecular complexity index is 644. The lowest BCUT2D eigenvalue weighted by molar-refractivity contribution is 0.0993. The van der Waals surface area contributed by atoms with Crippen LogP contribution in [0.1, 0.15) is 10.4 Å². The van der Waals surface area contributed by atoms with Crippen LogP contribution >= 0.6 is 15.9 Å². The molecule has 0 saturated carbocycles. The Balaban J connectivity index is 2.32. The zero-order valence-electron chi connectivity index (χ0n) is 12.1. The van der Waals surface area contributed by atoms with Crippen molar-refractivity contribution < 1.29 is 9.53 Å². The van der Waals surface area contributed by atoms with Crippen LogP contribution in [0.5, 0.6) is 5.75 Å². The van der Waals surface area contributed by atoms with Crippen LogP contribution in [0, 0.1) is 0 Å². The van der Waals surface area contributed by atoms with E-state index in [1.54, 1.807) is 38.4 Å². The number of hydrogen-bond acceptors (Lipinski definition) is 4. The maximum absolute atomic E-state index is 12.6. The zero-order valence-corrected chi connectivity index (χ0v) is 13.6. The van der Waals surface area contributed by atoms with Gasteiger partial charge >= 0.3 is 0 Å². The number of aromatic nitrogens is 1. The van der Waals surface area contributed by atoms with Gasteiger partial charge in [0.1, 0.15) is 11.6 Å². The van der Waals surface area contributed by atoms with Gasteiger partial charge in [0.2, 0.25) is 0 Å². The van der Waals surface area contributed by atoms with Crippen molar-refractivity contribution in [3.05, 3.63) is 46.6 Å². The van der Waals surface area contributed by atoms with Crippen molar-refractivity contribution in [3.8, 4) is 5.75 Å². The van der Waals surface area contributed by atoms with E-state index < -0.39 is 0 Å². The van der Waals surface area contributed by atoms with Gasteiger partial charge in [0.15, 0.2) is 0 Å². The van der Waals surface area contributed by atoms with Crippen LogP contribution in [0.2, 0.25) is 0 Å². The molecule has 0 bridgehead atoms. The summed E-state index contributed by atoms with van der Waals surface area (Å²) in [6.07, 6.45) is 1.65. The number of halogens is 1. The second kappa shape index (κ2) is 6.58. The molecule has 1 aromatic heterocycles. The topological polar surface area (TPSA) is 54.5 Å². The van der Waals surface area contributed by atoms with Crippen LogP contribution in [0.15, 0.2) is 41.0 Å². The minimum absolute atomic E-state index is 0.140. The first-order valence-electron chi connectivity index (χ1n) is 6.32. The summed E-state index contributed by atoms with van der Waals surface area (Å²) in [5.74, 6) is 1.15. The van der Waals surface area contributed by atoms with E-state index in [-0.39, 0.29) is 5.91 Å². The van der Waals surface area contributed by atoms with E-state index in [0.29, 0.717) is 11.4 Å². The van der Waals surface area contributed by atoms with Gasteiger partial charge in [0.25, 0.3) is 5.91 Å². The fourth-order valence-electron chi connectivity index (χ4n) is 1.91. The molecule has 0 aliphatic heterocycles. The summed E-state index contributed by atoms with van der Waals surface area (Å²) in [5.41, 5.74) is 1.29. The largest absolute Gasteiger partial charge is 0.497 e. The van der Waals surface area contributed by atoms with Crippen molar-refractivity contribution in [1.82, 2.24) is 4.98 Å². The highest BCUT2D eigenvalue weighted by molar-refractivity contribution is 9.10. The Morgan fingerprint density at radius 3 is 2.57 bits per heavy atom. The van der Waals surface area contributed by atoms with Crippen LogP contribution in [0.3, 0.4) is 0 Å². The molecule has 2 aromatic rings. The number of carbonyl (C=O) groups excluding carboxylic acids is 1. The molecular formula is C15H16BrN3O2. The first-order chi connectivity index (χ1) is 10.1. The number of hydrogen-bond donors (Lipinski definition) is 1. The third-order valence-electron chi connectivity index (χ3n) is 3.09. The molecule has 1 heterocycles. The van der Waals surface area contributed by atoms with Crippen LogP contribution in [0.4, 0.5) is 11.5 Å². The number of amides is 1. The lowest BCUT2D eigenvalue weighted by atomic mass is 10.2. The van der Waals surface area contributed by atoms with Crippen LogP contribution in [0.25, 0.3) is 0 Å². The highest BCUT2D eigenvalue weighted by atomic mass is 79.9. The van der Waals surface area contributed by atoms with E-state index in [9.17, 15) is 4.79 Å². The standard InChI is InChI=1S/C15H16BrN3O2/c1-17-14-13(8-10(16)9-18-14)15(20)19(2)11-4-6-12(21-3)7-5-11/h4-9H,1-3H3,(H,17,18). The van der Waals surface area contributed by atoms with Crippen molar-refractivity contribution in [2.45, 2.75) is 0 Å². The zero-order chi connectivity index (χ0) is 15.4. The Labute approximate surface area is 132 Å². The Morgan fingerprint density at radius 1 is 1.33 bits per heavy atom. The molecule has 0 atom stereocenters. The van der Waals surface area contributed by atoms with Gasteiger partial charge in [-0.2, -0.15) is 0 Å². The Kier molecular flexibility index (Phi) is 4.80. The number of pyridine rings is 1. The van der Waals surface area contributed by atoms with Crippen LogP contribution < -0.4 is 15.0 Å². The quantitative estimate of drug-likeness (QED) is 0.920. The van der Waals surface area contributed by atoms with E-state index >= 15 is 0 Å². The lowest BCUT2D eigenvalue weighted by Crippen LogP contribution is -2.27. The van der Waals surface area contributed by atoms with E-state index in [1.165, 1.54) is 0 Å². The van der Waals surface area contributed by atoms with Crippen molar-refractivity contribution in [3.63, 3.8) is 0 Å². The summed E-state index contributed by atoms with van der Waals surface area (Å²) < 4.78 is 5.87. The molecule has 1 aromatic carbocycles. The van der Waals surface area contributed by atoms with Crippen LogP contribution in [-0.4, -0.2) is 32.1 Å². The highest BCUT2D eigenvalue weighted by Gasteiger charge is 2.18. The lowest BCUT2D eigenvalue weighted by Gasteiger charge is -2.19. The molecule has 0 saturated heterocycles. The van der Waals surface area contributed by atoms with Gasteiger partial charge in [-0.05, 0) is 46.3 Å². The van der Waals surface area contributed by atoms with Crippen LogP contribution in [-0.2, 0) is 0 Å². The molecule has 110 valence electrons. The van der Waals surface area contributed by atoms with Gasteiger partial charge in [-0.3, -0.25) is 4.79 Å². The number of benzene rings is 1. The molecule has 0 spiro atoms. The molecule has 0 unspecified atom stereocenters. The van der Waals surface area contributed by atoms with Crippen molar-refractivity contribution in [2.75, 3.05) is 31.4 Å². The molecule has 21 heavy (non-hydrogen) atoms. The van der Waals surface area contributed by atoms with Gasteiger partial charge in [-0.25, -0.2) is 4.98 Å². The van der Waals surface area contributed by atoms with Gasteiger partial charge in [-0.1, -0.05) is 0 Å². The minimum Gasteiger partial charge on any atom is -0.497 e. The fourth-order valence-corrected chi connectivity index (χ4v) is 2.24. The SMILES string of the molecule is CNc1ncc(Br)cc1C(=O)N(C)c1ccc(OC)cc1. The predicted octanol–water partition coefficient (Wildman–Crippen LogP) is 3.17. The average Bonchev–Trinajstić information content (AvgIpc) is 2.53. The van der Waals surface area contributed by atoms with Crippen molar-refractivity contribution >= 4 is 33.3 Å². The number of ether oxygens (including phenoxy) is 1. The van der Waals surface area contributed by atoms with E-state index in [0.717, 1.165) is 15.9 Å². The molecule has 1 amide bonds. The summed E-state index contributed by atoms with van der Waals surface area (Å²) in [6, 6.07) is 9.05. The van der Waals surface area contributed by atoms with Gasteiger partial charge < -0.3 is 15.0 Å². The first-order valence-corrected chi connectivity index (χ1v) is 7.11. The number of nitrogens with one attached hydrogen (secondary N) is 1. The normalized spacial score (nSPS) is 10.1. The number of rotatable bonds is 4. The summed E-state index contributed by atoms with van der Waals surface area (Å²) in [6.45, 7) is 0. The number of anilines is 2. The summed E-state index contributed by atoms with van der Waals surface area (Å²) in [4.78, 5) is 18.4. The maximum atomic E-state index is 12.6. The minimum atomic E-state index is -0.140. The molecule has 2 rings (SSSR count). The van der Waals surface area contributed by atoms with Gasteiger partial charge in [0.05, 0.1) is 12.7 Å². The molecule has 0 fully saturated rings. The first kappa shape index (κ1) is 15.3. The van der Waals surface area contributed by atoms with Gasteiger partial charge in [0, 0.05) is 30.5 Å². The van der Waals surface area contributed by atoms with E-state index in [4.69, 9.17) is 4.74 Å². The van der Waals surface area contributed by atoms with E-state index in [1.807, 2.05) is 24.3 Å². The summed E-state index contributed by atoms with van der Waals surface area (Å²) >= 11 is 3.34. The highest BCUT2D eigenvalue weighted by Crippen LogP contribution is 2.23. The number of methoxy groups -OCH3 is 1. The van der Waals surface area contributed by atoms with Gasteiger partial charge in [-0.15, -0.1) is 0 Å². The summed E-state index contributed by atoms with van der Waals surface area (Å²) in [5, 5.41) is 2.93. The van der Waals surface area contributed by atoms with Crippen molar-refractivity contribution in [2.24, 2.45) is 0 Å². The summed E-state index contributed by atoms with van der Waals surface area (Å²) in [7, 11) is 5.07. The molecule has 6 heteroatoms. The smallest absolute Gasteiger partial charge is 0.261 e. The van der Waals surface area contributed by atoms with E-state index in [2.05, 4.69) is 26.2 Å².